The Bertz CT molecular complexity index is 193. The molecule has 5 nitrogen and oxygen atoms in total. The summed E-state index contributed by atoms with van der Waals surface area (Å²) in [7, 11) is -2.56. The molecule has 0 aliphatic carbocycles. The van der Waals surface area contributed by atoms with E-state index in [0.717, 1.165) is 0 Å². The van der Waals surface area contributed by atoms with Crippen molar-refractivity contribution in [3.05, 3.63) is 0 Å². The third kappa shape index (κ3) is 7.48. The van der Waals surface area contributed by atoms with Gasteiger partial charge in [-0.1, -0.05) is 0 Å². The molecule has 0 aromatic heterocycles. The maximum atomic E-state index is 10.6. The molecule has 0 saturated carbocycles. The first-order chi connectivity index (χ1) is 8.10. The number of hydrogen-bond acceptors (Lipinski definition) is 5. The summed E-state index contributed by atoms with van der Waals surface area (Å²) in [5.41, 5.74) is 0. The van der Waals surface area contributed by atoms with Gasteiger partial charge in [-0.05, 0) is 27.2 Å². The van der Waals surface area contributed by atoms with Gasteiger partial charge >= 0.3 is 14.8 Å². The molecule has 0 unspecified atom stereocenters. The molecule has 0 N–H and O–H groups in total. The second-order valence-electron chi connectivity index (χ2n) is 3.43. The van der Waals surface area contributed by atoms with Crippen molar-refractivity contribution in [3.8, 4) is 0 Å². The zero-order valence-corrected chi connectivity index (χ0v) is 12.3. The molecule has 0 radical (unpaired) electrons. The van der Waals surface area contributed by atoms with Crippen LogP contribution in [-0.4, -0.2) is 41.2 Å². The standard InChI is InChI=1S/C11H24O5Si/c1-5-14-17(15-6-2,16-7-3)10-8-9-13-11(4)12/h5-10H2,1-4H3. The van der Waals surface area contributed by atoms with Crippen LogP contribution >= 0.6 is 0 Å². The third-order valence-corrected chi connectivity index (χ3v) is 5.18. The Balaban J connectivity index is 4.18. The van der Waals surface area contributed by atoms with Gasteiger partial charge < -0.3 is 18.0 Å². The lowest BCUT2D eigenvalue weighted by molar-refractivity contribution is -0.141. The topological polar surface area (TPSA) is 54.0 Å². The second-order valence-corrected chi connectivity index (χ2v) is 6.16. The highest BCUT2D eigenvalue weighted by Gasteiger charge is 2.39. The highest BCUT2D eigenvalue weighted by molar-refractivity contribution is 6.60. The van der Waals surface area contributed by atoms with Crippen LogP contribution in [0.5, 0.6) is 0 Å². The minimum atomic E-state index is -2.56. The Labute approximate surface area is 105 Å². The van der Waals surface area contributed by atoms with Crippen LogP contribution in [-0.2, 0) is 22.8 Å². The molecule has 0 fully saturated rings. The molecule has 0 bridgehead atoms. The minimum Gasteiger partial charge on any atom is -0.466 e. The van der Waals surface area contributed by atoms with E-state index in [2.05, 4.69) is 0 Å². The van der Waals surface area contributed by atoms with Gasteiger partial charge in [-0.25, -0.2) is 0 Å². The highest BCUT2D eigenvalue weighted by Crippen LogP contribution is 2.18. The molecule has 0 saturated heterocycles. The molecule has 0 aliphatic heterocycles. The van der Waals surface area contributed by atoms with Gasteiger partial charge in [-0.2, -0.15) is 0 Å². The van der Waals surface area contributed by atoms with Crippen LogP contribution < -0.4 is 0 Å². The minimum absolute atomic E-state index is 0.263. The SMILES string of the molecule is CCO[Si](CCCOC(C)=O)(OCC)OCC. The predicted molar refractivity (Wildman–Crippen MR) is 66.7 cm³/mol. The Hall–Kier alpha value is -0.433. The van der Waals surface area contributed by atoms with E-state index in [1.807, 2.05) is 20.8 Å². The van der Waals surface area contributed by atoms with E-state index in [1.165, 1.54) is 6.92 Å². The van der Waals surface area contributed by atoms with Crippen LogP contribution in [0.15, 0.2) is 0 Å². The molecule has 0 spiro atoms. The molecule has 0 aromatic rings. The van der Waals surface area contributed by atoms with Crippen molar-refractivity contribution in [2.24, 2.45) is 0 Å². The third-order valence-electron chi connectivity index (χ3n) is 2.03. The number of esters is 1. The van der Waals surface area contributed by atoms with E-state index in [1.54, 1.807) is 0 Å². The van der Waals surface area contributed by atoms with Crippen LogP contribution in [0, 0.1) is 0 Å². The van der Waals surface area contributed by atoms with Gasteiger partial charge in [-0.3, -0.25) is 4.79 Å². The first kappa shape index (κ1) is 16.6. The van der Waals surface area contributed by atoms with Crippen LogP contribution in [0.3, 0.4) is 0 Å². The Morgan fingerprint density at radius 3 is 1.82 bits per heavy atom. The van der Waals surface area contributed by atoms with E-state index < -0.39 is 8.80 Å². The molecule has 0 amide bonds. The maximum Gasteiger partial charge on any atom is 0.501 e. The van der Waals surface area contributed by atoms with Crippen molar-refractivity contribution in [1.82, 2.24) is 0 Å². The van der Waals surface area contributed by atoms with E-state index in [-0.39, 0.29) is 5.97 Å². The fourth-order valence-electron chi connectivity index (χ4n) is 1.51. The van der Waals surface area contributed by atoms with Gasteiger partial charge in [0.15, 0.2) is 0 Å². The van der Waals surface area contributed by atoms with Gasteiger partial charge in [0.1, 0.15) is 0 Å². The summed E-state index contributed by atoms with van der Waals surface area (Å²) in [6.45, 7) is 9.26. The quantitative estimate of drug-likeness (QED) is 0.343. The van der Waals surface area contributed by atoms with Gasteiger partial charge in [0.05, 0.1) is 6.61 Å². The summed E-state index contributed by atoms with van der Waals surface area (Å²) in [6, 6.07) is 0.676. The fraction of sp³-hybridized carbons (Fsp3) is 0.909. The summed E-state index contributed by atoms with van der Waals surface area (Å²) >= 11 is 0. The fourth-order valence-corrected chi connectivity index (χ4v) is 4.09. The predicted octanol–water partition coefficient (Wildman–Crippen LogP) is 1.99. The van der Waals surface area contributed by atoms with E-state index in [0.29, 0.717) is 38.9 Å². The molecule has 0 aliphatic rings. The van der Waals surface area contributed by atoms with Crippen LogP contribution in [0.1, 0.15) is 34.1 Å². The van der Waals surface area contributed by atoms with Crippen LogP contribution in [0.25, 0.3) is 0 Å². The van der Waals surface area contributed by atoms with Gasteiger partial charge in [-0.15, -0.1) is 0 Å². The number of carbonyl (C=O) groups is 1. The normalized spacial score (nSPS) is 11.5. The summed E-state index contributed by atoms with van der Waals surface area (Å²) in [5.74, 6) is -0.263. The maximum absolute atomic E-state index is 10.6. The van der Waals surface area contributed by atoms with Crippen LogP contribution in [0.4, 0.5) is 0 Å². The lowest BCUT2D eigenvalue weighted by Gasteiger charge is -2.28. The molecular formula is C11H24O5Si. The second kappa shape index (κ2) is 9.58. The monoisotopic (exact) mass is 264 g/mol. The smallest absolute Gasteiger partial charge is 0.466 e. The van der Waals surface area contributed by atoms with Crippen LogP contribution in [0.2, 0.25) is 6.04 Å². The first-order valence-electron chi connectivity index (χ1n) is 6.15. The average molecular weight is 264 g/mol. The average Bonchev–Trinajstić information content (AvgIpc) is 2.25. The number of rotatable bonds is 10. The lowest BCUT2D eigenvalue weighted by Crippen LogP contribution is -2.46. The lowest BCUT2D eigenvalue weighted by atomic mass is 10.5. The van der Waals surface area contributed by atoms with Crippen molar-refractivity contribution in [1.29, 1.82) is 0 Å². The van der Waals surface area contributed by atoms with Gasteiger partial charge in [0.25, 0.3) is 0 Å². The van der Waals surface area contributed by atoms with E-state index in [9.17, 15) is 4.79 Å². The van der Waals surface area contributed by atoms with E-state index in [4.69, 9.17) is 18.0 Å². The Morgan fingerprint density at radius 2 is 1.47 bits per heavy atom. The Kier molecular flexibility index (Phi) is 9.34. The molecule has 0 atom stereocenters. The summed E-state index contributed by atoms with van der Waals surface area (Å²) in [4.78, 5) is 10.6. The number of hydrogen-bond donors (Lipinski definition) is 0. The largest absolute Gasteiger partial charge is 0.501 e. The number of ether oxygens (including phenoxy) is 1. The van der Waals surface area contributed by atoms with Crippen molar-refractivity contribution >= 4 is 14.8 Å². The van der Waals surface area contributed by atoms with Crippen molar-refractivity contribution < 1.29 is 22.8 Å². The van der Waals surface area contributed by atoms with Gasteiger partial charge in [0.2, 0.25) is 0 Å². The zero-order valence-electron chi connectivity index (χ0n) is 11.3. The summed E-state index contributed by atoms with van der Waals surface area (Å²) < 4.78 is 21.9. The molecular weight excluding hydrogens is 240 g/mol. The van der Waals surface area contributed by atoms with Crippen molar-refractivity contribution in [2.75, 3.05) is 26.4 Å². The molecule has 17 heavy (non-hydrogen) atoms. The molecule has 102 valence electrons. The molecule has 0 heterocycles. The molecule has 0 rings (SSSR count). The Morgan fingerprint density at radius 1 is 1.00 bits per heavy atom. The van der Waals surface area contributed by atoms with E-state index >= 15 is 0 Å². The summed E-state index contributed by atoms with van der Waals surface area (Å²) in [6.07, 6.45) is 0.700. The van der Waals surface area contributed by atoms with Gasteiger partial charge in [0, 0.05) is 32.8 Å². The first-order valence-corrected chi connectivity index (χ1v) is 8.08. The summed E-state index contributed by atoms with van der Waals surface area (Å²) in [5, 5.41) is 0. The zero-order chi connectivity index (χ0) is 13.1. The molecule has 6 heteroatoms. The van der Waals surface area contributed by atoms with Crippen molar-refractivity contribution in [2.45, 2.75) is 40.2 Å². The number of carbonyl (C=O) groups excluding carboxylic acids is 1. The highest BCUT2D eigenvalue weighted by atomic mass is 28.4. The molecule has 0 aromatic carbocycles. The van der Waals surface area contributed by atoms with Crippen molar-refractivity contribution in [3.63, 3.8) is 0 Å².